The third kappa shape index (κ3) is 3.65. The third-order valence-electron chi connectivity index (χ3n) is 6.22. The Hall–Kier alpha value is -2.65. The van der Waals surface area contributed by atoms with Crippen LogP contribution in [0, 0.1) is 10.1 Å². The van der Waals surface area contributed by atoms with Gasteiger partial charge in [0.25, 0.3) is 5.69 Å². The molecule has 0 amide bonds. The number of benzene rings is 1. The monoisotopic (exact) mass is 439 g/mol. The number of thioether (sulfide) groups is 1. The minimum absolute atomic E-state index is 0.0951. The fourth-order valence-corrected chi connectivity index (χ4v) is 5.99. The van der Waals surface area contributed by atoms with E-state index in [0.29, 0.717) is 38.0 Å². The SMILES string of the molecule is CC[C@@H]1CSC2=N[C@H](c3ccccn3)[C@H](c3ccc(N4CCOCC4)c([N+](=O)[O-])c3)N21. The molecule has 0 bridgehead atoms. The van der Waals surface area contributed by atoms with Gasteiger partial charge in [-0.2, -0.15) is 0 Å². The van der Waals surface area contributed by atoms with Gasteiger partial charge < -0.3 is 14.5 Å². The van der Waals surface area contributed by atoms with Crippen molar-refractivity contribution in [1.82, 2.24) is 9.88 Å². The molecule has 3 aliphatic heterocycles. The van der Waals surface area contributed by atoms with E-state index < -0.39 is 0 Å². The van der Waals surface area contributed by atoms with E-state index in [1.807, 2.05) is 35.2 Å². The molecular formula is C22H25N5O3S. The van der Waals surface area contributed by atoms with Crippen LogP contribution in [-0.2, 0) is 4.74 Å². The second-order valence-electron chi connectivity index (χ2n) is 7.94. The number of rotatable bonds is 5. The Balaban J connectivity index is 1.57. The summed E-state index contributed by atoms with van der Waals surface area (Å²) in [5.74, 6) is 0.995. The summed E-state index contributed by atoms with van der Waals surface area (Å²) in [5.41, 5.74) is 2.62. The van der Waals surface area contributed by atoms with Crippen molar-refractivity contribution in [3.05, 3.63) is 64.0 Å². The summed E-state index contributed by atoms with van der Waals surface area (Å²) in [6, 6.07) is 11.6. The molecule has 0 radical (unpaired) electrons. The van der Waals surface area contributed by atoms with Crippen LogP contribution < -0.4 is 4.90 Å². The van der Waals surface area contributed by atoms with E-state index in [1.165, 1.54) is 0 Å². The number of fused-ring (bicyclic) bond motifs is 1. The first-order valence-corrected chi connectivity index (χ1v) is 11.7. The van der Waals surface area contributed by atoms with Gasteiger partial charge >= 0.3 is 0 Å². The van der Waals surface area contributed by atoms with Crippen LogP contribution in [0.3, 0.4) is 0 Å². The van der Waals surface area contributed by atoms with Gasteiger partial charge in [-0.05, 0) is 30.2 Å². The highest BCUT2D eigenvalue weighted by Gasteiger charge is 2.46. The first kappa shape index (κ1) is 20.3. The molecule has 1 aromatic carbocycles. The Kier molecular flexibility index (Phi) is 5.54. The number of nitro groups is 1. The average molecular weight is 440 g/mol. The van der Waals surface area contributed by atoms with Gasteiger partial charge in [0.15, 0.2) is 5.17 Å². The topological polar surface area (TPSA) is 84.1 Å². The van der Waals surface area contributed by atoms with E-state index in [4.69, 9.17) is 9.73 Å². The van der Waals surface area contributed by atoms with Crippen LogP contribution >= 0.6 is 11.8 Å². The first-order chi connectivity index (χ1) is 15.2. The van der Waals surface area contributed by atoms with Gasteiger partial charge in [-0.25, -0.2) is 0 Å². The van der Waals surface area contributed by atoms with Crippen molar-refractivity contribution in [2.75, 3.05) is 37.0 Å². The fourth-order valence-electron chi connectivity index (χ4n) is 4.65. The first-order valence-electron chi connectivity index (χ1n) is 10.7. The zero-order valence-corrected chi connectivity index (χ0v) is 18.2. The Morgan fingerprint density at radius 1 is 1.26 bits per heavy atom. The largest absolute Gasteiger partial charge is 0.378 e. The number of hydrogen-bond acceptors (Lipinski definition) is 8. The quantitative estimate of drug-likeness (QED) is 0.517. The molecule has 2 saturated heterocycles. The standard InChI is InChI=1S/C22H25N5O3S/c1-2-16-14-31-22-24-20(17-5-3-4-8-23-17)21(26(16)22)15-6-7-18(19(13-15)27(28)29)25-9-11-30-12-10-25/h3-8,13,16,20-21H,2,9-12,14H2,1H3/t16-,20-,21+/m1/s1. The van der Waals surface area contributed by atoms with Gasteiger partial charge in [0.05, 0.1) is 29.9 Å². The maximum absolute atomic E-state index is 12.0. The van der Waals surface area contributed by atoms with Crippen molar-refractivity contribution < 1.29 is 9.66 Å². The molecule has 2 fully saturated rings. The summed E-state index contributed by atoms with van der Waals surface area (Å²) in [7, 11) is 0. The minimum atomic E-state index is -0.267. The molecule has 3 aliphatic rings. The lowest BCUT2D eigenvalue weighted by Crippen LogP contribution is -2.37. The summed E-state index contributed by atoms with van der Waals surface area (Å²) < 4.78 is 5.42. The number of nitro benzene ring substituents is 1. The number of hydrogen-bond donors (Lipinski definition) is 0. The number of aliphatic imine (C=N–C) groups is 1. The molecule has 2 aromatic rings. The smallest absolute Gasteiger partial charge is 0.292 e. The maximum atomic E-state index is 12.0. The molecule has 0 N–H and O–H groups in total. The van der Waals surface area contributed by atoms with Crippen molar-refractivity contribution in [3.63, 3.8) is 0 Å². The van der Waals surface area contributed by atoms with Crippen LogP contribution in [0.4, 0.5) is 11.4 Å². The van der Waals surface area contributed by atoms with Crippen LogP contribution in [0.5, 0.6) is 0 Å². The van der Waals surface area contributed by atoms with E-state index in [-0.39, 0.29) is 22.7 Å². The molecule has 5 rings (SSSR count). The predicted molar refractivity (Wildman–Crippen MR) is 122 cm³/mol. The molecule has 9 heteroatoms. The van der Waals surface area contributed by atoms with E-state index in [2.05, 4.69) is 16.8 Å². The van der Waals surface area contributed by atoms with Gasteiger partial charge in [0.1, 0.15) is 11.7 Å². The highest BCUT2D eigenvalue weighted by atomic mass is 32.2. The van der Waals surface area contributed by atoms with E-state index in [0.717, 1.165) is 28.6 Å². The Bertz CT molecular complexity index is 996. The Labute approximate surface area is 185 Å². The van der Waals surface area contributed by atoms with Crippen LogP contribution in [0.15, 0.2) is 47.6 Å². The van der Waals surface area contributed by atoms with Crippen molar-refractivity contribution >= 4 is 28.3 Å². The Morgan fingerprint density at radius 2 is 2.10 bits per heavy atom. The van der Waals surface area contributed by atoms with Crippen LogP contribution in [0.25, 0.3) is 0 Å². The lowest BCUT2D eigenvalue weighted by molar-refractivity contribution is -0.384. The van der Waals surface area contributed by atoms with Crippen molar-refractivity contribution in [2.45, 2.75) is 31.5 Å². The summed E-state index contributed by atoms with van der Waals surface area (Å²) in [5, 5.41) is 13.0. The van der Waals surface area contributed by atoms with E-state index in [9.17, 15) is 10.1 Å². The molecule has 1 aromatic heterocycles. The lowest BCUT2D eigenvalue weighted by Gasteiger charge is -2.32. The second kappa shape index (κ2) is 8.47. The number of pyridine rings is 1. The number of ether oxygens (including phenoxy) is 1. The number of nitrogens with zero attached hydrogens (tertiary/aromatic N) is 5. The second-order valence-corrected chi connectivity index (χ2v) is 8.93. The number of morpholine rings is 1. The molecule has 162 valence electrons. The lowest BCUT2D eigenvalue weighted by atomic mass is 9.94. The van der Waals surface area contributed by atoms with Gasteiger partial charge in [-0.15, -0.1) is 0 Å². The molecule has 0 saturated carbocycles. The van der Waals surface area contributed by atoms with E-state index >= 15 is 0 Å². The van der Waals surface area contributed by atoms with Crippen LogP contribution in [0.1, 0.15) is 36.7 Å². The number of anilines is 1. The van der Waals surface area contributed by atoms with Crippen molar-refractivity contribution in [2.24, 2.45) is 4.99 Å². The molecule has 0 spiro atoms. The van der Waals surface area contributed by atoms with Gasteiger partial charge in [0.2, 0.25) is 0 Å². The molecule has 0 aliphatic carbocycles. The minimum Gasteiger partial charge on any atom is -0.378 e. The Morgan fingerprint density at radius 3 is 2.81 bits per heavy atom. The summed E-state index contributed by atoms with van der Waals surface area (Å²) in [6.07, 6.45) is 2.79. The normalized spacial score (nSPS) is 25.5. The fraction of sp³-hybridized carbons (Fsp3) is 0.455. The molecule has 31 heavy (non-hydrogen) atoms. The molecule has 4 heterocycles. The molecular weight excluding hydrogens is 414 g/mol. The molecule has 3 atom stereocenters. The molecule has 8 nitrogen and oxygen atoms in total. The van der Waals surface area contributed by atoms with Crippen LogP contribution in [0.2, 0.25) is 0 Å². The number of aromatic nitrogens is 1. The zero-order chi connectivity index (χ0) is 21.4. The van der Waals surface area contributed by atoms with Gasteiger partial charge in [-0.3, -0.25) is 20.1 Å². The van der Waals surface area contributed by atoms with Gasteiger partial charge in [-0.1, -0.05) is 30.8 Å². The van der Waals surface area contributed by atoms with Crippen LogP contribution in [-0.4, -0.2) is 58.1 Å². The van der Waals surface area contributed by atoms with E-state index in [1.54, 1.807) is 24.0 Å². The van der Waals surface area contributed by atoms with Gasteiger partial charge in [0, 0.05) is 37.1 Å². The van der Waals surface area contributed by atoms with Crippen molar-refractivity contribution in [1.29, 1.82) is 0 Å². The highest BCUT2D eigenvalue weighted by Crippen LogP contribution is 2.49. The predicted octanol–water partition coefficient (Wildman–Crippen LogP) is 3.81. The number of amidine groups is 1. The third-order valence-corrected chi connectivity index (χ3v) is 7.34. The summed E-state index contributed by atoms with van der Waals surface area (Å²) in [4.78, 5) is 25.7. The summed E-state index contributed by atoms with van der Waals surface area (Å²) >= 11 is 1.77. The zero-order valence-electron chi connectivity index (χ0n) is 17.4. The highest BCUT2D eigenvalue weighted by molar-refractivity contribution is 8.14. The maximum Gasteiger partial charge on any atom is 0.292 e. The average Bonchev–Trinajstić information content (AvgIpc) is 3.39. The summed E-state index contributed by atoms with van der Waals surface area (Å²) in [6.45, 7) is 4.68. The molecule has 0 unspecified atom stereocenters. The van der Waals surface area contributed by atoms with Crippen molar-refractivity contribution in [3.8, 4) is 0 Å².